The number of hydrogen-bond donors (Lipinski definition) is 0. The van der Waals surface area contributed by atoms with E-state index in [9.17, 15) is 13.2 Å². The molecule has 0 amide bonds. The summed E-state index contributed by atoms with van der Waals surface area (Å²) in [5, 5.41) is 0.735. The molecule has 0 fully saturated rings. The summed E-state index contributed by atoms with van der Waals surface area (Å²) in [7, 11) is 0. The molecule has 0 bridgehead atoms. The van der Waals surface area contributed by atoms with Crippen molar-refractivity contribution in [3.63, 3.8) is 0 Å². The average Bonchev–Trinajstić information content (AvgIpc) is 2.54. The number of benzene rings is 2. The molecule has 3 aromatic rings. The average molecular weight is 632 g/mol. The van der Waals surface area contributed by atoms with Crippen molar-refractivity contribution in [2.75, 3.05) is 0 Å². The number of halogens is 10. The maximum absolute atomic E-state index is 13.6. The lowest BCUT2D eigenvalue weighted by Gasteiger charge is -2.18. The Labute approximate surface area is 207 Å². The van der Waals surface area contributed by atoms with Gasteiger partial charge in [0.05, 0.1) is 25.8 Å². The topological polar surface area (TPSA) is 12.9 Å². The van der Waals surface area contributed by atoms with Gasteiger partial charge in [-0.15, -0.1) is 0 Å². The van der Waals surface area contributed by atoms with Gasteiger partial charge in [0.25, 0.3) is 0 Å². The predicted octanol–water partition coefficient (Wildman–Crippen LogP) is 9.96. The first-order chi connectivity index (χ1) is 13.4. The first-order valence-corrected chi connectivity index (χ1v) is 10.8. The highest BCUT2D eigenvalue weighted by molar-refractivity contribution is 14.1. The molecule has 11 heteroatoms. The lowest BCUT2D eigenvalue weighted by molar-refractivity contribution is -0.141. The van der Waals surface area contributed by atoms with Crippen LogP contribution in [-0.2, 0) is 6.18 Å². The van der Waals surface area contributed by atoms with Crippen LogP contribution in [0, 0.1) is 3.57 Å². The van der Waals surface area contributed by atoms with Gasteiger partial charge in [0.1, 0.15) is 5.69 Å². The molecule has 1 heterocycles. The van der Waals surface area contributed by atoms with Crippen LogP contribution in [-0.4, -0.2) is 4.98 Å². The van der Waals surface area contributed by atoms with E-state index in [0.717, 1.165) is 6.07 Å². The van der Waals surface area contributed by atoms with Gasteiger partial charge in [0.15, 0.2) is 0 Å². The van der Waals surface area contributed by atoms with Gasteiger partial charge in [-0.3, -0.25) is 0 Å². The van der Waals surface area contributed by atoms with Gasteiger partial charge < -0.3 is 0 Å². The quantitative estimate of drug-likeness (QED) is 0.257. The van der Waals surface area contributed by atoms with Crippen molar-refractivity contribution in [1.82, 2.24) is 4.98 Å². The number of aromatic nitrogens is 1. The Kier molecular flexibility index (Phi) is 7.11. The second-order valence-electron chi connectivity index (χ2n) is 5.70. The fourth-order valence-corrected chi connectivity index (χ4v) is 5.42. The first-order valence-electron chi connectivity index (χ1n) is 7.47. The summed E-state index contributed by atoms with van der Waals surface area (Å²) in [6.45, 7) is 0. The van der Waals surface area contributed by atoms with Crippen LogP contribution in [0.3, 0.4) is 0 Å². The zero-order valence-corrected chi connectivity index (χ0v) is 20.3. The summed E-state index contributed by atoms with van der Waals surface area (Å²) in [5.41, 5.74) is -0.846. The van der Waals surface area contributed by atoms with Crippen LogP contribution in [0.5, 0.6) is 0 Å². The van der Waals surface area contributed by atoms with E-state index in [1.165, 1.54) is 24.3 Å². The largest absolute Gasteiger partial charge is 0.433 e. The number of hydrogen-bond acceptors (Lipinski definition) is 1. The normalized spacial score (nSPS) is 11.8. The van der Waals surface area contributed by atoms with Crippen LogP contribution in [0.15, 0.2) is 30.3 Å². The van der Waals surface area contributed by atoms with Crippen LogP contribution in [0.4, 0.5) is 13.2 Å². The highest BCUT2D eigenvalue weighted by Gasteiger charge is 2.35. The molecule has 1 nitrogen and oxygen atoms in total. The third-order valence-corrected chi connectivity index (χ3v) is 6.49. The molecule has 2 aromatic carbocycles. The van der Waals surface area contributed by atoms with Crippen molar-refractivity contribution in [1.29, 1.82) is 0 Å². The van der Waals surface area contributed by atoms with Crippen LogP contribution in [0.2, 0.25) is 30.1 Å². The third-order valence-electron chi connectivity index (χ3n) is 3.77. The van der Waals surface area contributed by atoms with E-state index in [1.807, 2.05) is 22.6 Å². The zero-order valence-electron chi connectivity index (χ0n) is 13.6. The van der Waals surface area contributed by atoms with Crippen molar-refractivity contribution in [3.05, 3.63) is 69.7 Å². The molecular formula is C18H5Cl6F3IN. The number of alkyl halides is 3. The van der Waals surface area contributed by atoms with E-state index < -0.39 is 11.9 Å². The first kappa shape index (κ1) is 23.5. The van der Waals surface area contributed by atoms with E-state index in [4.69, 9.17) is 69.6 Å². The van der Waals surface area contributed by atoms with Crippen molar-refractivity contribution in [3.8, 4) is 22.4 Å². The molecule has 0 saturated heterocycles. The smallest absolute Gasteiger partial charge is 0.242 e. The lowest BCUT2D eigenvalue weighted by Crippen LogP contribution is -2.10. The van der Waals surface area contributed by atoms with E-state index >= 15 is 0 Å². The van der Waals surface area contributed by atoms with Gasteiger partial charge in [-0.2, -0.15) is 13.2 Å². The van der Waals surface area contributed by atoms with E-state index in [0.29, 0.717) is 3.57 Å². The minimum Gasteiger partial charge on any atom is -0.242 e. The van der Waals surface area contributed by atoms with Gasteiger partial charge in [0, 0.05) is 30.3 Å². The summed E-state index contributed by atoms with van der Waals surface area (Å²) < 4.78 is 41.1. The summed E-state index contributed by atoms with van der Waals surface area (Å²) >= 11 is 38.6. The van der Waals surface area contributed by atoms with Gasteiger partial charge in [-0.1, -0.05) is 69.6 Å². The second kappa shape index (κ2) is 8.77. The van der Waals surface area contributed by atoms with E-state index in [2.05, 4.69) is 4.98 Å². The summed E-state index contributed by atoms with van der Waals surface area (Å²) in [5.74, 6) is 0. The van der Waals surface area contributed by atoms with Crippen LogP contribution < -0.4 is 0 Å². The highest BCUT2D eigenvalue weighted by Crippen LogP contribution is 2.46. The molecule has 0 radical (unpaired) electrons. The molecule has 0 unspecified atom stereocenters. The fraction of sp³-hybridized carbons (Fsp3) is 0.0556. The molecule has 1 aromatic heterocycles. The lowest BCUT2D eigenvalue weighted by atomic mass is 10.0. The molecular weight excluding hydrogens is 627 g/mol. The third kappa shape index (κ3) is 4.86. The van der Waals surface area contributed by atoms with Crippen molar-refractivity contribution < 1.29 is 13.2 Å². The highest BCUT2D eigenvalue weighted by atomic mass is 127. The molecule has 0 aliphatic rings. The van der Waals surface area contributed by atoms with Crippen LogP contribution >= 0.6 is 92.2 Å². The van der Waals surface area contributed by atoms with Gasteiger partial charge >= 0.3 is 6.18 Å². The minimum atomic E-state index is -4.75. The molecule has 3 rings (SSSR count). The molecule has 0 saturated carbocycles. The molecule has 0 N–H and O–H groups in total. The Morgan fingerprint density at radius 3 is 1.52 bits per heavy atom. The number of pyridine rings is 1. The Bertz CT molecular complexity index is 1010. The van der Waals surface area contributed by atoms with Crippen molar-refractivity contribution in [2.45, 2.75) is 6.18 Å². The van der Waals surface area contributed by atoms with E-state index in [-0.39, 0.29) is 52.5 Å². The standard InChI is InChI=1S/C18H5Cl6F3IN/c19-6-1-9(21)14(10(22)2-6)8-5-13(18(25,26)27)29-17(16(8)28)15-11(23)3-7(20)4-12(15)24/h1-5H. The number of nitrogens with zero attached hydrogens (tertiary/aromatic N) is 1. The number of rotatable bonds is 2. The molecule has 0 atom stereocenters. The summed E-state index contributed by atoms with van der Waals surface area (Å²) in [4.78, 5) is 3.77. The molecule has 29 heavy (non-hydrogen) atoms. The summed E-state index contributed by atoms with van der Waals surface area (Å²) in [6.07, 6.45) is -4.75. The van der Waals surface area contributed by atoms with Gasteiger partial charge in [0.2, 0.25) is 0 Å². The molecule has 0 spiro atoms. The molecule has 0 aliphatic heterocycles. The van der Waals surface area contributed by atoms with Crippen LogP contribution in [0.1, 0.15) is 5.69 Å². The van der Waals surface area contributed by atoms with Crippen molar-refractivity contribution in [2.24, 2.45) is 0 Å². The second-order valence-corrected chi connectivity index (χ2v) is 9.28. The Balaban J connectivity index is 2.44. The van der Waals surface area contributed by atoms with Crippen molar-refractivity contribution >= 4 is 92.2 Å². The van der Waals surface area contributed by atoms with E-state index in [1.54, 1.807) is 0 Å². The SMILES string of the molecule is FC(F)(F)c1cc(-c2c(Cl)cc(Cl)cc2Cl)c(I)c(-c2c(Cl)cc(Cl)cc2Cl)n1. The Morgan fingerprint density at radius 1 is 0.690 bits per heavy atom. The monoisotopic (exact) mass is 629 g/mol. The van der Waals surface area contributed by atoms with Gasteiger partial charge in [-0.25, -0.2) is 4.98 Å². The Morgan fingerprint density at radius 2 is 1.10 bits per heavy atom. The maximum Gasteiger partial charge on any atom is 0.433 e. The predicted molar refractivity (Wildman–Crippen MR) is 123 cm³/mol. The van der Waals surface area contributed by atoms with Gasteiger partial charge in [-0.05, 0) is 52.9 Å². The minimum absolute atomic E-state index is 0.0477. The molecule has 0 aliphatic carbocycles. The summed E-state index contributed by atoms with van der Waals surface area (Å²) in [6, 6.07) is 6.37. The maximum atomic E-state index is 13.6. The Hall–Kier alpha value is -0.150. The zero-order chi connectivity index (χ0) is 21.7. The van der Waals surface area contributed by atoms with Crippen LogP contribution in [0.25, 0.3) is 22.4 Å². The fourth-order valence-electron chi connectivity index (χ4n) is 2.59. The molecule has 152 valence electrons.